The van der Waals surface area contributed by atoms with Crippen LogP contribution in [0.3, 0.4) is 0 Å². The van der Waals surface area contributed by atoms with E-state index < -0.39 is 0 Å². The molecule has 1 saturated heterocycles. The second-order valence-corrected chi connectivity index (χ2v) is 2.58. The summed E-state index contributed by atoms with van der Waals surface area (Å²) >= 11 is 0. The highest BCUT2D eigenvalue weighted by molar-refractivity contribution is 4.99. The number of nitrogens with zero attached hydrogens (tertiary/aromatic N) is 1. The molecule has 56 valence electrons. The lowest BCUT2D eigenvalue weighted by Crippen LogP contribution is -2.41. The topological polar surface area (TPSA) is 15.3 Å². The number of hydrogen-bond acceptors (Lipinski definition) is 2. The van der Waals surface area contributed by atoms with E-state index in [2.05, 4.69) is 23.7 Å². The van der Waals surface area contributed by atoms with Crippen LogP contribution in [0.1, 0.15) is 6.42 Å². The molecule has 1 aliphatic heterocycles. The Hall–Kier alpha value is -0.630. The van der Waals surface area contributed by atoms with E-state index in [9.17, 15) is 0 Å². The highest BCUT2D eigenvalue weighted by Crippen LogP contribution is 2.03. The molecule has 0 unspecified atom stereocenters. The smallest absolute Gasteiger partial charge is 0.102 e. The molecule has 1 fully saturated rings. The molecule has 0 aromatic rings. The van der Waals surface area contributed by atoms with E-state index in [1.54, 1.807) is 0 Å². The first-order valence-electron chi connectivity index (χ1n) is 3.77. The van der Waals surface area contributed by atoms with Crippen molar-refractivity contribution < 1.29 is 0 Å². The summed E-state index contributed by atoms with van der Waals surface area (Å²) in [7, 11) is 0. The molecule has 1 aliphatic rings. The van der Waals surface area contributed by atoms with Gasteiger partial charge in [-0.1, -0.05) is 6.58 Å². The van der Waals surface area contributed by atoms with Crippen LogP contribution in [-0.4, -0.2) is 31.1 Å². The van der Waals surface area contributed by atoms with Gasteiger partial charge in [-0.05, 0) is 0 Å². The zero-order valence-corrected chi connectivity index (χ0v) is 6.40. The van der Waals surface area contributed by atoms with Gasteiger partial charge in [0.15, 0.2) is 0 Å². The lowest BCUT2D eigenvalue weighted by atomic mass is 10.3. The third-order valence-corrected chi connectivity index (χ3v) is 1.76. The highest BCUT2D eigenvalue weighted by atomic mass is 15.2. The molecular weight excluding hydrogens is 124 g/mol. The first-order valence-corrected chi connectivity index (χ1v) is 3.77. The van der Waals surface area contributed by atoms with Crippen LogP contribution in [0.5, 0.6) is 0 Å². The maximum Gasteiger partial charge on any atom is 0.102 e. The van der Waals surface area contributed by atoms with Crippen molar-refractivity contribution >= 4 is 0 Å². The van der Waals surface area contributed by atoms with Gasteiger partial charge < -0.3 is 10.2 Å². The number of piperazine rings is 1. The largest absolute Gasteiger partial charge is 0.369 e. The summed E-state index contributed by atoms with van der Waals surface area (Å²) < 4.78 is 0. The van der Waals surface area contributed by atoms with E-state index in [4.69, 9.17) is 0 Å². The first kappa shape index (κ1) is 7.48. The summed E-state index contributed by atoms with van der Waals surface area (Å²) in [6, 6.07) is 0. The second-order valence-electron chi connectivity index (χ2n) is 2.58. The molecule has 0 aliphatic carbocycles. The summed E-state index contributed by atoms with van der Waals surface area (Å²) in [5.74, 6) is 0. The maximum absolute atomic E-state index is 3.95. The fraction of sp³-hybridized carbons (Fsp3) is 0.625. The van der Waals surface area contributed by atoms with Gasteiger partial charge in [0, 0.05) is 25.3 Å². The van der Waals surface area contributed by atoms with Crippen LogP contribution >= 0.6 is 0 Å². The van der Waals surface area contributed by atoms with Gasteiger partial charge in [0.1, 0.15) is 6.42 Å². The highest BCUT2D eigenvalue weighted by Gasteiger charge is 2.11. The standard InChI is InChI=1S/C8H15N2/c1-3-5-10-6-4-9-7-8(10)2/h9H,1-7H2/q+1. The van der Waals surface area contributed by atoms with E-state index in [0.29, 0.717) is 0 Å². The van der Waals surface area contributed by atoms with Gasteiger partial charge in [-0.25, -0.2) is 0 Å². The predicted molar refractivity (Wildman–Crippen MR) is 43.6 cm³/mol. The van der Waals surface area contributed by atoms with Crippen molar-refractivity contribution in [2.45, 2.75) is 6.42 Å². The number of nitrogens with one attached hydrogen (secondary N) is 1. The van der Waals surface area contributed by atoms with Gasteiger partial charge in [0.05, 0.1) is 13.5 Å². The van der Waals surface area contributed by atoms with Crippen LogP contribution in [0.4, 0.5) is 0 Å². The van der Waals surface area contributed by atoms with Gasteiger partial charge in [-0.2, -0.15) is 0 Å². The molecule has 2 nitrogen and oxygen atoms in total. The molecule has 0 aromatic carbocycles. The van der Waals surface area contributed by atoms with Gasteiger partial charge in [-0.3, -0.25) is 0 Å². The van der Waals surface area contributed by atoms with Gasteiger partial charge in [0.2, 0.25) is 0 Å². The number of rotatable bonds is 2. The Morgan fingerprint density at radius 1 is 1.70 bits per heavy atom. The molecule has 1 N–H and O–H groups in total. The molecule has 0 amide bonds. The summed E-state index contributed by atoms with van der Waals surface area (Å²) in [4.78, 5) is 2.30. The van der Waals surface area contributed by atoms with Crippen molar-refractivity contribution in [1.29, 1.82) is 0 Å². The van der Waals surface area contributed by atoms with Crippen LogP contribution < -0.4 is 5.32 Å². The summed E-state index contributed by atoms with van der Waals surface area (Å²) in [6.45, 7) is 11.9. The molecule has 10 heavy (non-hydrogen) atoms. The average Bonchev–Trinajstić information content (AvgIpc) is 1.94. The van der Waals surface area contributed by atoms with E-state index in [1.807, 2.05) is 0 Å². The van der Waals surface area contributed by atoms with E-state index >= 15 is 0 Å². The Bertz CT molecular complexity index is 118. The fourth-order valence-corrected chi connectivity index (χ4v) is 1.18. The lowest BCUT2D eigenvalue weighted by molar-refractivity contribution is 0.307. The molecular formula is C8H15N2+. The number of hydrogen-bond donors (Lipinski definition) is 1. The summed E-state index contributed by atoms with van der Waals surface area (Å²) in [6.07, 6.45) is 0.971. The SMILES string of the molecule is C=C1CNCCN1CC[CH2+]. The third-order valence-electron chi connectivity index (χ3n) is 1.76. The monoisotopic (exact) mass is 139 g/mol. The first-order chi connectivity index (χ1) is 4.84. The van der Waals surface area contributed by atoms with Gasteiger partial charge in [0.25, 0.3) is 0 Å². The quantitative estimate of drug-likeness (QED) is 0.564. The zero-order chi connectivity index (χ0) is 7.40. The average molecular weight is 139 g/mol. The molecule has 0 saturated carbocycles. The fourth-order valence-electron chi connectivity index (χ4n) is 1.18. The van der Waals surface area contributed by atoms with Crippen molar-refractivity contribution in [2.24, 2.45) is 0 Å². The van der Waals surface area contributed by atoms with Crippen molar-refractivity contribution in [2.75, 3.05) is 26.2 Å². The van der Waals surface area contributed by atoms with Crippen molar-refractivity contribution in [3.8, 4) is 0 Å². The van der Waals surface area contributed by atoms with Crippen molar-refractivity contribution in [1.82, 2.24) is 10.2 Å². The molecule has 0 aromatic heterocycles. The van der Waals surface area contributed by atoms with E-state index in [1.165, 1.54) is 5.70 Å². The normalized spacial score (nSPS) is 19.6. The van der Waals surface area contributed by atoms with E-state index in [0.717, 1.165) is 32.6 Å². The second kappa shape index (κ2) is 3.52. The Labute approximate surface area is 62.9 Å². The van der Waals surface area contributed by atoms with Crippen LogP contribution in [0.25, 0.3) is 0 Å². The maximum atomic E-state index is 3.95. The molecule has 1 heterocycles. The summed E-state index contributed by atoms with van der Waals surface area (Å²) in [5.41, 5.74) is 1.20. The molecule has 0 radical (unpaired) electrons. The zero-order valence-electron chi connectivity index (χ0n) is 6.40. The van der Waals surface area contributed by atoms with Crippen molar-refractivity contribution in [3.05, 3.63) is 19.2 Å². The molecule has 0 atom stereocenters. The van der Waals surface area contributed by atoms with Crippen molar-refractivity contribution in [3.63, 3.8) is 0 Å². The Morgan fingerprint density at radius 2 is 2.50 bits per heavy atom. The Kier molecular flexibility index (Phi) is 2.63. The van der Waals surface area contributed by atoms with Gasteiger partial charge >= 0.3 is 0 Å². The molecule has 1 rings (SSSR count). The lowest BCUT2D eigenvalue weighted by Gasteiger charge is -2.30. The van der Waals surface area contributed by atoms with Crippen LogP contribution in [-0.2, 0) is 0 Å². The minimum absolute atomic E-state index is 0.944. The molecule has 0 bridgehead atoms. The van der Waals surface area contributed by atoms with Crippen LogP contribution in [0, 0.1) is 6.92 Å². The molecule has 0 spiro atoms. The Balaban J connectivity index is 2.32. The summed E-state index contributed by atoms with van der Waals surface area (Å²) in [5, 5.41) is 3.26. The predicted octanol–water partition coefficient (Wildman–Crippen LogP) is 0.629. The minimum atomic E-state index is 0.944. The van der Waals surface area contributed by atoms with Crippen LogP contribution in [0.2, 0.25) is 0 Å². The minimum Gasteiger partial charge on any atom is -0.369 e. The Morgan fingerprint density at radius 3 is 3.10 bits per heavy atom. The molecule has 2 heteroatoms. The van der Waals surface area contributed by atoms with E-state index in [-0.39, 0.29) is 0 Å². The van der Waals surface area contributed by atoms with Crippen LogP contribution in [0.15, 0.2) is 12.3 Å². The third kappa shape index (κ3) is 1.67. The van der Waals surface area contributed by atoms with Gasteiger partial charge in [-0.15, -0.1) is 0 Å².